The first-order chi connectivity index (χ1) is 12.8. The van der Waals surface area contributed by atoms with E-state index in [1.54, 1.807) is 6.20 Å². The number of aromatic nitrogens is 3. The van der Waals surface area contributed by atoms with Crippen LogP contribution in [0.15, 0.2) is 30.6 Å². The first-order valence-corrected chi connectivity index (χ1v) is 9.77. The van der Waals surface area contributed by atoms with Gasteiger partial charge in [0.2, 0.25) is 5.95 Å². The molecule has 0 spiro atoms. The lowest BCUT2D eigenvalue weighted by Gasteiger charge is -2.14. The van der Waals surface area contributed by atoms with E-state index in [-0.39, 0.29) is 6.10 Å². The fraction of sp³-hybridized carbons (Fsp3) is 0.550. The maximum atomic E-state index is 10.1. The number of nitrogens with one attached hydrogen (secondary N) is 2. The van der Waals surface area contributed by atoms with Gasteiger partial charge in [-0.25, -0.2) is 4.98 Å². The summed E-state index contributed by atoms with van der Waals surface area (Å²) in [4.78, 5) is 13.6. The summed E-state index contributed by atoms with van der Waals surface area (Å²) in [5.41, 5.74) is 1.78. The van der Waals surface area contributed by atoms with Crippen LogP contribution in [0.25, 0.3) is 11.3 Å². The van der Waals surface area contributed by atoms with E-state index in [1.165, 1.54) is 6.42 Å². The van der Waals surface area contributed by atoms with Gasteiger partial charge in [0.1, 0.15) is 5.82 Å². The summed E-state index contributed by atoms with van der Waals surface area (Å²) in [7, 11) is 0. The van der Waals surface area contributed by atoms with E-state index in [0.29, 0.717) is 5.95 Å². The minimum atomic E-state index is -0.157. The van der Waals surface area contributed by atoms with Gasteiger partial charge in [-0.2, -0.15) is 4.98 Å². The molecular weight excluding hydrogens is 326 g/mol. The number of nitrogens with zero attached hydrogens (tertiary/aromatic N) is 3. The van der Waals surface area contributed by atoms with Crippen LogP contribution in [0.2, 0.25) is 0 Å². The SMILES string of the molecule is OC1CCCCCCNc2ncc(-c3ccccn3)c(n2)NCCCC1. The molecule has 26 heavy (non-hydrogen) atoms. The standard InChI is InChI=1S/C20H29N5O/c26-16-9-3-1-2-6-14-23-20-24-15-17(18-11-5-8-12-21-18)19(25-20)22-13-7-4-10-16/h5,8,11-12,15-16,26H,1-4,6-7,9-10,13-14H2,(H2,22,23,24,25). The molecule has 0 aromatic carbocycles. The fourth-order valence-electron chi connectivity index (χ4n) is 3.23. The third-order valence-corrected chi connectivity index (χ3v) is 4.73. The van der Waals surface area contributed by atoms with Crippen molar-refractivity contribution in [2.75, 3.05) is 23.7 Å². The molecular formula is C20H29N5O. The summed E-state index contributed by atoms with van der Waals surface area (Å²) < 4.78 is 0. The van der Waals surface area contributed by atoms with Crippen LogP contribution in [0.1, 0.15) is 51.4 Å². The van der Waals surface area contributed by atoms with Crippen molar-refractivity contribution in [2.45, 2.75) is 57.5 Å². The second-order valence-electron chi connectivity index (χ2n) is 6.88. The van der Waals surface area contributed by atoms with E-state index in [9.17, 15) is 5.11 Å². The minimum absolute atomic E-state index is 0.157. The Morgan fingerprint density at radius 3 is 2.50 bits per heavy atom. The Balaban J connectivity index is 1.73. The van der Waals surface area contributed by atoms with Crippen molar-refractivity contribution in [1.82, 2.24) is 15.0 Å². The number of fused-ring (bicyclic) bond motifs is 2. The third kappa shape index (κ3) is 5.66. The van der Waals surface area contributed by atoms with Gasteiger partial charge in [-0.15, -0.1) is 0 Å². The molecule has 0 amide bonds. The Kier molecular flexibility index (Phi) is 7.19. The van der Waals surface area contributed by atoms with E-state index in [1.807, 2.05) is 24.4 Å². The molecule has 3 N–H and O–H groups in total. The van der Waals surface area contributed by atoms with Gasteiger partial charge in [0.25, 0.3) is 0 Å². The van der Waals surface area contributed by atoms with Crippen molar-refractivity contribution in [1.29, 1.82) is 0 Å². The van der Waals surface area contributed by atoms with Gasteiger partial charge in [0.05, 0.1) is 17.4 Å². The fourth-order valence-corrected chi connectivity index (χ4v) is 3.23. The summed E-state index contributed by atoms with van der Waals surface area (Å²) in [6.45, 7) is 1.69. The summed E-state index contributed by atoms with van der Waals surface area (Å²) in [5.74, 6) is 1.48. The van der Waals surface area contributed by atoms with Crippen molar-refractivity contribution in [2.24, 2.45) is 0 Å². The molecule has 0 radical (unpaired) electrons. The van der Waals surface area contributed by atoms with Gasteiger partial charge in [-0.1, -0.05) is 25.3 Å². The van der Waals surface area contributed by atoms with Crippen LogP contribution in [0.4, 0.5) is 11.8 Å². The average molecular weight is 355 g/mol. The topological polar surface area (TPSA) is 83.0 Å². The van der Waals surface area contributed by atoms with E-state index in [2.05, 4.69) is 25.6 Å². The van der Waals surface area contributed by atoms with Crippen LogP contribution >= 0.6 is 0 Å². The zero-order valence-electron chi connectivity index (χ0n) is 15.3. The molecule has 1 aliphatic rings. The van der Waals surface area contributed by atoms with Gasteiger partial charge in [-0.3, -0.25) is 4.98 Å². The molecule has 0 fully saturated rings. The van der Waals surface area contributed by atoms with Crippen molar-refractivity contribution in [3.05, 3.63) is 30.6 Å². The van der Waals surface area contributed by atoms with Gasteiger partial charge in [0, 0.05) is 25.5 Å². The lowest BCUT2D eigenvalue weighted by molar-refractivity contribution is 0.148. The number of hydrogen-bond donors (Lipinski definition) is 3. The summed E-state index contributed by atoms with van der Waals surface area (Å²) in [6, 6.07) is 5.85. The van der Waals surface area contributed by atoms with Crippen LogP contribution in [0, 0.1) is 0 Å². The molecule has 0 aliphatic carbocycles. The lowest BCUT2D eigenvalue weighted by Crippen LogP contribution is -2.12. The molecule has 1 aliphatic heterocycles. The highest BCUT2D eigenvalue weighted by molar-refractivity contribution is 5.72. The maximum Gasteiger partial charge on any atom is 0.224 e. The molecule has 2 aromatic rings. The smallest absolute Gasteiger partial charge is 0.224 e. The molecule has 0 saturated heterocycles. The molecule has 6 heteroatoms. The minimum Gasteiger partial charge on any atom is -0.393 e. The summed E-state index contributed by atoms with van der Waals surface area (Å²) >= 11 is 0. The Labute approximate surface area is 155 Å². The average Bonchev–Trinajstić information content (AvgIpc) is 2.67. The number of aliphatic hydroxyl groups is 1. The molecule has 6 nitrogen and oxygen atoms in total. The van der Waals surface area contributed by atoms with Gasteiger partial charge in [-0.05, 0) is 44.2 Å². The van der Waals surface area contributed by atoms with Crippen LogP contribution in [0.3, 0.4) is 0 Å². The Hall–Kier alpha value is -2.21. The van der Waals surface area contributed by atoms with Crippen molar-refractivity contribution < 1.29 is 5.11 Å². The predicted octanol–water partition coefficient (Wildman–Crippen LogP) is 3.86. The lowest BCUT2D eigenvalue weighted by atomic mass is 10.0. The summed E-state index contributed by atoms with van der Waals surface area (Å²) in [5, 5.41) is 16.8. The van der Waals surface area contributed by atoms with Crippen LogP contribution in [-0.4, -0.2) is 39.3 Å². The molecule has 1 unspecified atom stereocenters. The van der Waals surface area contributed by atoms with Crippen LogP contribution < -0.4 is 10.6 Å². The highest BCUT2D eigenvalue weighted by Crippen LogP contribution is 2.25. The number of anilines is 2. The highest BCUT2D eigenvalue weighted by atomic mass is 16.3. The van der Waals surface area contributed by atoms with E-state index >= 15 is 0 Å². The van der Waals surface area contributed by atoms with Crippen molar-refractivity contribution in [3.63, 3.8) is 0 Å². The first kappa shape index (κ1) is 18.6. The molecule has 2 bridgehead atoms. The molecule has 3 heterocycles. The van der Waals surface area contributed by atoms with Gasteiger partial charge >= 0.3 is 0 Å². The molecule has 3 rings (SSSR count). The van der Waals surface area contributed by atoms with Gasteiger partial charge in [0.15, 0.2) is 0 Å². The highest BCUT2D eigenvalue weighted by Gasteiger charge is 2.11. The zero-order chi connectivity index (χ0) is 18.0. The monoisotopic (exact) mass is 355 g/mol. The number of hydrogen-bond acceptors (Lipinski definition) is 6. The molecule has 140 valence electrons. The quantitative estimate of drug-likeness (QED) is 0.720. The largest absolute Gasteiger partial charge is 0.393 e. The predicted molar refractivity (Wildman–Crippen MR) is 105 cm³/mol. The summed E-state index contributed by atoms with van der Waals surface area (Å²) in [6.07, 6.45) is 11.8. The second-order valence-corrected chi connectivity index (χ2v) is 6.88. The maximum absolute atomic E-state index is 10.1. The zero-order valence-corrected chi connectivity index (χ0v) is 15.3. The number of aliphatic hydroxyl groups excluding tert-OH is 1. The molecule has 2 aromatic heterocycles. The van der Waals surface area contributed by atoms with Crippen LogP contribution in [0.5, 0.6) is 0 Å². The van der Waals surface area contributed by atoms with E-state index in [0.717, 1.165) is 75.1 Å². The van der Waals surface area contributed by atoms with E-state index in [4.69, 9.17) is 0 Å². The molecule has 0 saturated carbocycles. The van der Waals surface area contributed by atoms with Gasteiger partial charge < -0.3 is 15.7 Å². The number of pyridine rings is 1. The number of rotatable bonds is 1. The Morgan fingerprint density at radius 2 is 1.65 bits per heavy atom. The van der Waals surface area contributed by atoms with Crippen molar-refractivity contribution in [3.8, 4) is 11.3 Å². The molecule has 1 atom stereocenters. The third-order valence-electron chi connectivity index (χ3n) is 4.73. The Morgan fingerprint density at radius 1 is 0.885 bits per heavy atom. The normalized spacial score (nSPS) is 20.0. The van der Waals surface area contributed by atoms with Crippen molar-refractivity contribution >= 4 is 11.8 Å². The van der Waals surface area contributed by atoms with E-state index < -0.39 is 0 Å². The second kappa shape index (κ2) is 10.1. The van der Waals surface area contributed by atoms with Crippen LogP contribution in [-0.2, 0) is 0 Å². The Bertz CT molecular complexity index is 665. The first-order valence-electron chi connectivity index (χ1n) is 9.77.